The van der Waals surface area contributed by atoms with Gasteiger partial charge in [-0.25, -0.2) is 0 Å². The highest BCUT2D eigenvalue weighted by Gasteiger charge is 2.00. The van der Waals surface area contributed by atoms with Crippen LogP contribution in [0.1, 0.15) is 41.0 Å². The summed E-state index contributed by atoms with van der Waals surface area (Å²) in [7, 11) is 0. The van der Waals surface area contributed by atoms with Crippen molar-refractivity contribution in [1.82, 2.24) is 0 Å². The van der Waals surface area contributed by atoms with Gasteiger partial charge in [0.15, 0.2) is 0 Å². The summed E-state index contributed by atoms with van der Waals surface area (Å²) in [5.74, 6) is 0. The predicted octanol–water partition coefficient (Wildman–Crippen LogP) is 6.97. The Hall–Kier alpha value is -1.82. The first-order chi connectivity index (χ1) is 9.69. The van der Waals surface area contributed by atoms with Gasteiger partial charge in [0, 0.05) is 0 Å². The first-order valence-electron chi connectivity index (χ1n) is 7.27. The Morgan fingerprint density at radius 3 is 1.75 bits per heavy atom. The fourth-order valence-electron chi connectivity index (χ4n) is 1.30. The van der Waals surface area contributed by atoms with Gasteiger partial charge in [-0.3, -0.25) is 0 Å². The Balaban J connectivity index is -0.000000656. The molecule has 0 unspecified atom stereocenters. The molecule has 0 aliphatic carbocycles. The molecule has 0 nitrogen and oxygen atoms in total. The van der Waals surface area contributed by atoms with E-state index in [0.717, 1.165) is 23.1 Å². The summed E-state index contributed by atoms with van der Waals surface area (Å²) in [5, 5.41) is 0. The van der Waals surface area contributed by atoms with E-state index in [1.165, 1.54) is 0 Å². The zero-order chi connectivity index (χ0) is 16.4. The zero-order valence-corrected chi connectivity index (χ0v) is 14.1. The minimum Gasteiger partial charge on any atom is -0.0991 e. The highest BCUT2D eigenvalue weighted by atomic mass is 14.0. The molecule has 0 aromatic rings. The van der Waals surface area contributed by atoms with Gasteiger partial charge in [0.25, 0.3) is 0 Å². The topological polar surface area (TPSA) is 0 Å². The van der Waals surface area contributed by atoms with E-state index in [1.54, 1.807) is 12.2 Å². The number of hydrogen-bond donors (Lipinski definition) is 0. The van der Waals surface area contributed by atoms with Crippen LogP contribution in [0.2, 0.25) is 0 Å². The normalized spacial score (nSPS) is 10.7. The highest BCUT2D eigenvalue weighted by molar-refractivity contribution is 5.43. The molecule has 0 bridgehead atoms. The number of allylic oxidation sites excluding steroid dienone is 10. The SMILES string of the molecule is C=C/C=C(\C=C)CC(=C)C(/C=C\C)=C/C=C.CC.CC. The number of rotatable bonds is 7. The van der Waals surface area contributed by atoms with Gasteiger partial charge in [0.1, 0.15) is 0 Å². The first kappa shape index (κ1) is 23.3. The second kappa shape index (κ2) is 19.5. The van der Waals surface area contributed by atoms with Crippen molar-refractivity contribution in [2.45, 2.75) is 41.0 Å². The van der Waals surface area contributed by atoms with Gasteiger partial charge < -0.3 is 0 Å². The molecule has 0 aromatic heterocycles. The van der Waals surface area contributed by atoms with Crippen molar-refractivity contribution in [2.24, 2.45) is 0 Å². The predicted molar refractivity (Wildman–Crippen MR) is 98.0 cm³/mol. The lowest BCUT2D eigenvalue weighted by atomic mass is 9.98. The molecule has 0 N–H and O–H groups in total. The van der Waals surface area contributed by atoms with Crippen LogP contribution < -0.4 is 0 Å². The molecule has 0 heterocycles. The van der Waals surface area contributed by atoms with Gasteiger partial charge in [-0.1, -0.05) is 96.5 Å². The smallest absolute Gasteiger partial charge is 0.00259 e. The molecule has 0 radical (unpaired) electrons. The molecule has 0 aliphatic heterocycles. The van der Waals surface area contributed by atoms with E-state index in [-0.39, 0.29) is 0 Å². The van der Waals surface area contributed by atoms with Crippen LogP contribution in [0.25, 0.3) is 0 Å². The summed E-state index contributed by atoms with van der Waals surface area (Å²) in [4.78, 5) is 0. The molecule has 0 amide bonds. The van der Waals surface area contributed by atoms with Gasteiger partial charge >= 0.3 is 0 Å². The number of hydrogen-bond acceptors (Lipinski definition) is 0. The van der Waals surface area contributed by atoms with Crippen molar-refractivity contribution in [1.29, 1.82) is 0 Å². The maximum absolute atomic E-state index is 4.07. The molecule has 0 rings (SSSR count). The maximum Gasteiger partial charge on any atom is -0.00259 e. The van der Waals surface area contributed by atoms with E-state index in [4.69, 9.17) is 0 Å². The maximum atomic E-state index is 4.07. The van der Waals surface area contributed by atoms with Crippen LogP contribution in [-0.4, -0.2) is 0 Å². The lowest BCUT2D eigenvalue weighted by Gasteiger charge is -2.07. The van der Waals surface area contributed by atoms with Crippen LogP contribution >= 0.6 is 0 Å². The van der Waals surface area contributed by atoms with Crippen LogP contribution in [0.5, 0.6) is 0 Å². The summed E-state index contributed by atoms with van der Waals surface area (Å²) in [6.45, 7) is 25.2. The third kappa shape index (κ3) is 12.6. The molecule has 112 valence electrons. The van der Waals surface area contributed by atoms with Crippen molar-refractivity contribution >= 4 is 0 Å². The lowest BCUT2D eigenvalue weighted by molar-refractivity contribution is 1.19. The first-order valence-corrected chi connectivity index (χ1v) is 7.27. The Morgan fingerprint density at radius 1 is 0.900 bits per heavy atom. The van der Waals surface area contributed by atoms with Crippen molar-refractivity contribution in [3.05, 3.63) is 85.6 Å². The van der Waals surface area contributed by atoms with E-state index < -0.39 is 0 Å². The van der Waals surface area contributed by atoms with Crippen molar-refractivity contribution in [2.75, 3.05) is 0 Å². The molecule has 0 saturated heterocycles. The van der Waals surface area contributed by atoms with Gasteiger partial charge in [-0.2, -0.15) is 0 Å². The second-order valence-corrected chi connectivity index (χ2v) is 3.32. The van der Waals surface area contributed by atoms with E-state index in [2.05, 4.69) is 26.3 Å². The largest absolute Gasteiger partial charge is 0.0991 e. The monoisotopic (exact) mass is 272 g/mol. The Morgan fingerprint density at radius 2 is 1.40 bits per heavy atom. The van der Waals surface area contributed by atoms with Crippen LogP contribution in [0.3, 0.4) is 0 Å². The minimum absolute atomic E-state index is 0.777. The quantitative estimate of drug-likeness (QED) is 0.439. The van der Waals surface area contributed by atoms with Crippen molar-refractivity contribution in [3.8, 4) is 0 Å². The summed E-state index contributed by atoms with van der Waals surface area (Å²) >= 11 is 0. The Kier molecular flexibility index (Phi) is 22.7. The second-order valence-electron chi connectivity index (χ2n) is 3.32. The fraction of sp³-hybridized carbons (Fsp3) is 0.300. The highest BCUT2D eigenvalue weighted by Crippen LogP contribution is 2.19. The van der Waals surface area contributed by atoms with E-state index in [1.807, 2.05) is 65.0 Å². The van der Waals surface area contributed by atoms with E-state index in [9.17, 15) is 0 Å². The molecular formula is C20H32. The van der Waals surface area contributed by atoms with Gasteiger partial charge in [0.05, 0.1) is 0 Å². The third-order valence-corrected chi connectivity index (χ3v) is 2.06. The molecule has 20 heavy (non-hydrogen) atoms. The Labute approximate surface area is 127 Å². The summed E-state index contributed by atoms with van der Waals surface area (Å²) in [5.41, 5.74) is 3.25. The summed E-state index contributed by atoms with van der Waals surface area (Å²) in [6.07, 6.45) is 14.1. The van der Waals surface area contributed by atoms with Crippen LogP contribution in [-0.2, 0) is 0 Å². The van der Waals surface area contributed by atoms with Gasteiger partial charge in [-0.05, 0) is 30.1 Å². The minimum atomic E-state index is 0.777. The van der Waals surface area contributed by atoms with Crippen LogP contribution in [0.15, 0.2) is 85.6 Å². The average Bonchev–Trinajstić information content (AvgIpc) is 2.50. The van der Waals surface area contributed by atoms with Crippen LogP contribution in [0.4, 0.5) is 0 Å². The summed E-state index contributed by atoms with van der Waals surface area (Å²) in [6, 6.07) is 0. The van der Waals surface area contributed by atoms with Crippen LogP contribution in [0, 0.1) is 0 Å². The van der Waals surface area contributed by atoms with Gasteiger partial charge in [-0.15, -0.1) is 0 Å². The third-order valence-electron chi connectivity index (χ3n) is 2.06. The molecule has 0 aliphatic rings. The van der Waals surface area contributed by atoms with Crippen molar-refractivity contribution in [3.63, 3.8) is 0 Å². The van der Waals surface area contributed by atoms with Gasteiger partial charge in [0.2, 0.25) is 0 Å². The molecule has 0 fully saturated rings. The molecule has 0 heteroatoms. The Bertz CT molecular complexity index is 359. The zero-order valence-electron chi connectivity index (χ0n) is 14.1. The standard InChI is InChI=1S/C16H20.2C2H6/c1-6-10-15(9-4)13-14(5)16(11-7-2)12-8-3;2*1-2/h6-12H,1-2,4-5,13H2,3H3;2*1-2H3/b12-8-,15-10+,16-11+;;. The molecule has 0 atom stereocenters. The lowest BCUT2D eigenvalue weighted by Crippen LogP contribution is -1.87. The van der Waals surface area contributed by atoms with E-state index >= 15 is 0 Å². The fourth-order valence-corrected chi connectivity index (χ4v) is 1.30. The van der Waals surface area contributed by atoms with Crippen molar-refractivity contribution < 1.29 is 0 Å². The summed E-state index contributed by atoms with van der Waals surface area (Å²) < 4.78 is 0. The average molecular weight is 272 g/mol. The molecule has 0 saturated carbocycles. The van der Waals surface area contributed by atoms with E-state index in [0.29, 0.717) is 0 Å². The molecule has 0 aromatic carbocycles. The molecule has 0 spiro atoms. The molecular weight excluding hydrogens is 240 g/mol.